The monoisotopic (exact) mass is 364 g/mol. The molecule has 1 aromatic rings. The largest absolute Gasteiger partial charge is 1.00 e. The third kappa shape index (κ3) is 22.1. The Balaban J connectivity index is 0. The van der Waals surface area contributed by atoms with Gasteiger partial charge >= 0.3 is 29.6 Å². The van der Waals surface area contributed by atoms with E-state index < -0.39 is 10.1 Å². The van der Waals surface area contributed by atoms with E-state index in [1.807, 2.05) is 18.2 Å². The Morgan fingerprint density at radius 1 is 0.792 bits per heavy atom. The van der Waals surface area contributed by atoms with E-state index in [1.54, 1.807) is 0 Å². The van der Waals surface area contributed by atoms with Gasteiger partial charge in [-0.25, -0.2) is 8.42 Å². The molecule has 0 amide bonds. The van der Waals surface area contributed by atoms with Crippen molar-refractivity contribution in [2.45, 2.75) is 78.1 Å². The van der Waals surface area contributed by atoms with Gasteiger partial charge in [0.15, 0.2) is 0 Å². The summed E-state index contributed by atoms with van der Waals surface area (Å²) < 4.78 is 30.9. The van der Waals surface area contributed by atoms with Gasteiger partial charge in [0.05, 0.1) is 10.1 Å². The standard InChI is InChI=1S/C12H26O3S.C7H8.Na/c1-2-3-4-5-6-7-8-9-10-11-12-16(13,14)15;1-7-5-3-2-4-6-7;/h2-12H2,1H3,(H,13,14,15);2-6H,1H3;/q;;+1/p-1. The van der Waals surface area contributed by atoms with Crippen LogP contribution >= 0.6 is 0 Å². The van der Waals surface area contributed by atoms with Crippen LogP contribution in [0.2, 0.25) is 0 Å². The van der Waals surface area contributed by atoms with Crippen molar-refractivity contribution < 1.29 is 42.5 Å². The molecular weight excluding hydrogens is 331 g/mol. The third-order valence-electron chi connectivity index (χ3n) is 3.69. The fourth-order valence-electron chi connectivity index (χ4n) is 2.30. The van der Waals surface area contributed by atoms with Crippen LogP contribution in [0.5, 0.6) is 0 Å². The van der Waals surface area contributed by atoms with Crippen LogP contribution in [0, 0.1) is 6.92 Å². The van der Waals surface area contributed by atoms with Crippen molar-refractivity contribution in [1.29, 1.82) is 0 Å². The number of hydrogen-bond donors (Lipinski definition) is 0. The van der Waals surface area contributed by atoms with E-state index in [1.165, 1.54) is 50.5 Å². The Bertz CT molecular complexity index is 461. The Hall–Kier alpha value is 0.130. The molecular formula is C19H33NaO3S. The molecule has 0 heterocycles. The molecule has 0 atom stereocenters. The molecule has 3 nitrogen and oxygen atoms in total. The maximum atomic E-state index is 10.3. The first kappa shape index (κ1) is 26.4. The molecule has 0 aromatic heterocycles. The summed E-state index contributed by atoms with van der Waals surface area (Å²) in [6.07, 6.45) is 11.4. The summed E-state index contributed by atoms with van der Waals surface area (Å²) in [6.45, 7) is 4.30. The van der Waals surface area contributed by atoms with Crippen molar-refractivity contribution in [2.75, 3.05) is 5.75 Å². The van der Waals surface area contributed by atoms with E-state index in [0.29, 0.717) is 6.42 Å². The maximum Gasteiger partial charge on any atom is 1.00 e. The van der Waals surface area contributed by atoms with E-state index in [4.69, 9.17) is 0 Å². The molecule has 0 N–H and O–H groups in total. The van der Waals surface area contributed by atoms with E-state index in [-0.39, 0.29) is 35.3 Å². The molecule has 1 rings (SSSR count). The van der Waals surface area contributed by atoms with Gasteiger partial charge < -0.3 is 4.55 Å². The van der Waals surface area contributed by atoms with Crippen LogP contribution in [-0.4, -0.2) is 18.7 Å². The molecule has 0 saturated heterocycles. The van der Waals surface area contributed by atoms with E-state index in [0.717, 1.165) is 12.8 Å². The van der Waals surface area contributed by atoms with E-state index >= 15 is 0 Å². The summed E-state index contributed by atoms with van der Waals surface area (Å²) in [5, 5.41) is 0. The molecule has 134 valence electrons. The van der Waals surface area contributed by atoms with Crippen LogP contribution in [-0.2, 0) is 10.1 Å². The second kappa shape index (κ2) is 17.9. The van der Waals surface area contributed by atoms with Gasteiger partial charge in [0.2, 0.25) is 0 Å². The van der Waals surface area contributed by atoms with Crippen LogP contribution in [0.15, 0.2) is 30.3 Å². The minimum absolute atomic E-state index is 0. The second-order valence-electron chi connectivity index (χ2n) is 6.10. The van der Waals surface area contributed by atoms with Crippen LogP contribution in [0.25, 0.3) is 0 Å². The predicted octanol–water partition coefficient (Wildman–Crippen LogP) is 2.45. The second-order valence-corrected chi connectivity index (χ2v) is 7.62. The summed E-state index contributed by atoms with van der Waals surface area (Å²) >= 11 is 0. The van der Waals surface area contributed by atoms with Gasteiger partial charge in [-0.1, -0.05) is 101 Å². The first-order valence-corrected chi connectivity index (χ1v) is 10.5. The first-order valence-electron chi connectivity index (χ1n) is 8.91. The van der Waals surface area contributed by atoms with Crippen LogP contribution in [0.3, 0.4) is 0 Å². The molecule has 0 aliphatic rings. The fraction of sp³-hybridized carbons (Fsp3) is 0.684. The SMILES string of the molecule is CCCCCCCCCCCCS(=O)(=O)[O-].Cc1ccccc1.[Na+]. The molecule has 0 fully saturated rings. The van der Waals surface area contributed by atoms with Gasteiger partial charge in [0.25, 0.3) is 0 Å². The maximum absolute atomic E-state index is 10.3. The van der Waals surface area contributed by atoms with Gasteiger partial charge in [-0.15, -0.1) is 0 Å². The van der Waals surface area contributed by atoms with Gasteiger partial charge in [0, 0.05) is 5.75 Å². The molecule has 24 heavy (non-hydrogen) atoms. The van der Waals surface area contributed by atoms with Crippen molar-refractivity contribution in [1.82, 2.24) is 0 Å². The van der Waals surface area contributed by atoms with E-state index in [2.05, 4.69) is 26.0 Å². The predicted molar refractivity (Wildman–Crippen MR) is 97.6 cm³/mol. The topological polar surface area (TPSA) is 57.2 Å². The van der Waals surface area contributed by atoms with Crippen LogP contribution in [0.4, 0.5) is 0 Å². The molecule has 0 unspecified atom stereocenters. The zero-order valence-corrected chi connectivity index (χ0v) is 18.6. The number of hydrogen-bond acceptors (Lipinski definition) is 3. The van der Waals surface area contributed by atoms with Crippen LogP contribution in [0.1, 0.15) is 76.7 Å². The zero-order chi connectivity index (χ0) is 17.4. The molecule has 0 aliphatic heterocycles. The molecule has 0 bridgehead atoms. The number of rotatable bonds is 11. The van der Waals surface area contributed by atoms with Crippen molar-refractivity contribution in [3.63, 3.8) is 0 Å². The Morgan fingerprint density at radius 2 is 1.21 bits per heavy atom. The first-order chi connectivity index (χ1) is 11.0. The molecule has 0 saturated carbocycles. The summed E-state index contributed by atoms with van der Waals surface area (Å²) in [5.74, 6) is -0.191. The Labute approximate surface area is 171 Å². The number of aryl methyl sites for hydroxylation is 1. The summed E-state index contributed by atoms with van der Waals surface area (Å²) in [5.41, 5.74) is 1.32. The smallest absolute Gasteiger partial charge is 0.748 e. The van der Waals surface area contributed by atoms with Gasteiger partial charge in [-0.05, 0) is 13.3 Å². The Morgan fingerprint density at radius 3 is 1.54 bits per heavy atom. The summed E-state index contributed by atoms with van der Waals surface area (Å²) in [6, 6.07) is 10.3. The molecule has 1 aromatic carbocycles. The average molecular weight is 365 g/mol. The van der Waals surface area contributed by atoms with Crippen molar-refractivity contribution >= 4 is 10.1 Å². The molecule has 5 heteroatoms. The van der Waals surface area contributed by atoms with Crippen molar-refractivity contribution in [2.24, 2.45) is 0 Å². The van der Waals surface area contributed by atoms with Crippen LogP contribution < -0.4 is 29.6 Å². The minimum atomic E-state index is -3.98. The molecule has 0 aliphatic carbocycles. The average Bonchev–Trinajstić information content (AvgIpc) is 2.49. The zero-order valence-electron chi connectivity index (χ0n) is 15.8. The molecule has 0 spiro atoms. The third-order valence-corrected chi connectivity index (χ3v) is 4.48. The summed E-state index contributed by atoms with van der Waals surface area (Å²) in [4.78, 5) is 0. The number of benzene rings is 1. The van der Waals surface area contributed by atoms with Gasteiger partial charge in [0.1, 0.15) is 0 Å². The molecule has 0 radical (unpaired) electrons. The quantitative estimate of drug-likeness (QED) is 0.344. The normalized spacial score (nSPS) is 10.5. The van der Waals surface area contributed by atoms with Crippen molar-refractivity contribution in [3.05, 3.63) is 35.9 Å². The minimum Gasteiger partial charge on any atom is -0.748 e. The van der Waals surface area contributed by atoms with Gasteiger partial charge in [-0.2, -0.15) is 0 Å². The van der Waals surface area contributed by atoms with Gasteiger partial charge in [-0.3, -0.25) is 0 Å². The summed E-state index contributed by atoms with van der Waals surface area (Å²) in [7, 11) is -3.98. The number of unbranched alkanes of at least 4 members (excludes halogenated alkanes) is 9. The van der Waals surface area contributed by atoms with Crippen molar-refractivity contribution in [3.8, 4) is 0 Å². The fourth-order valence-corrected chi connectivity index (χ4v) is 2.86. The Kier molecular flexibility index (Phi) is 19.7. The van der Waals surface area contributed by atoms with E-state index in [9.17, 15) is 13.0 Å².